The summed E-state index contributed by atoms with van der Waals surface area (Å²) >= 11 is 1.53. The summed E-state index contributed by atoms with van der Waals surface area (Å²) < 4.78 is 6.50. The lowest BCUT2D eigenvalue weighted by Crippen LogP contribution is -2.04. The summed E-state index contributed by atoms with van der Waals surface area (Å²) in [5.41, 5.74) is 1.07. The van der Waals surface area contributed by atoms with E-state index in [0.717, 1.165) is 30.0 Å². The molecule has 0 radical (unpaired) electrons. The first-order valence-corrected chi connectivity index (χ1v) is 6.75. The number of nitrogens with one attached hydrogen (secondary N) is 1. The van der Waals surface area contributed by atoms with E-state index in [2.05, 4.69) is 25.3 Å². The van der Waals surface area contributed by atoms with Gasteiger partial charge in [-0.2, -0.15) is 4.37 Å². The predicted molar refractivity (Wildman–Crippen MR) is 75.0 cm³/mol. The van der Waals surface area contributed by atoms with Crippen molar-refractivity contribution in [2.24, 2.45) is 0 Å². The minimum absolute atomic E-state index is 0.949. The lowest BCUT2D eigenvalue weighted by Gasteiger charge is -2.04. The van der Waals surface area contributed by atoms with Crippen LogP contribution in [0.5, 0.6) is 0 Å². The quantitative estimate of drug-likeness (QED) is 0.715. The smallest absolute Gasteiger partial charge is 0.117 e. The van der Waals surface area contributed by atoms with Crippen molar-refractivity contribution in [1.29, 1.82) is 0 Å². The fraction of sp³-hybridized carbons (Fsp3) is 0.231. The molecule has 0 saturated heterocycles. The molecule has 0 spiro atoms. The summed E-state index contributed by atoms with van der Waals surface area (Å²) in [6.45, 7) is 1.94. The third-order valence-electron chi connectivity index (χ3n) is 2.82. The van der Waals surface area contributed by atoms with Crippen molar-refractivity contribution in [3.8, 4) is 0 Å². The van der Waals surface area contributed by atoms with E-state index in [1.165, 1.54) is 16.9 Å². The van der Waals surface area contributed by atoms with E-state index in [0.29, 0.717) is 0 Å². The predicted octanol–water partition coefficient (Wildman–Crippen LogP) is 3.00. The molecule has 0 atom stereocenters. The Morgan fingerprint density at radius 2 is 2.22 bits per heavy atom. The summed E-state index contributed by atoms with van der Waals surface area (Å²) in [5, 5.41) is 5.83. The maximum absolute atomic E-state index is 4.41. The second-order valence-corrected chi connectivity index (χ2v) is 4.88. The molecule has 5 heteroatoms. The molecular formula is C13H14N4S. The number of aryl methyl sites for hydroxylation is 1. The van der Waals surface area contributed by atoms with Gasteiger partial charge in [0.25, 0.3) is 0 Å². The molecule has 0 aliphatic carbocycles. The first kappa shape index (κ1) is 11.2. The van der Waals surface area contributed by atoms with Crippen LogP contribution in [0.15, 0.2) is 43.0 Å². The molecule has 0 saturated carbocycles. The minimum atomic E-state index is 0.949. The SMILES string of the molecule is c1ccc2c(NCCCn3ccnc3)snc2c1. The van der Waals surface area contributed by atoms with Crippen LogP contribution >= 0.6 is 11.5 Å². The van der Waals surface area contributed by atoms with Crippen LogP contribution in [-0.2, 0) is 6.54 Å². The van der Waals surface area contributed by atoms with Crippen molar-refractivity contribution in [2.75, 3.05) is 11.9 Å². The number of hydrogen-bond acceptors (Lipinski definition) is 4. The van der Waals surface area contributed by atoms with Crippen LogP contribution in [0, 0.1) is 0 Å². The number of aromatic nitrogens is 3. The molecule has 0 amide bonds. The van der Waals surface area contributed by atoms with Gasteiger partial charge in [-0.05, 0) is 30.1 Å². The number of rotatable bonds is 5. The third kappa shape index (κ3) is 2.36. The summed E-state index contributed by atoms with van der Waals surface area (Å²) in [6.07, 6.45) is 6.72. The van der Waals surface area contributed by atoms with Crippen LogP contribution < -0.4 is 5.32 Å². The van der Waals surface area contributed by atoms with E-state index in [4.69, 9.17) is 0 Å². The number of nitrogens with zero attached hydrogens (tertiary/aromatic N) is 3. The zero-order valence-corrected chi connectivity index (χ0v) is 10.7. The average Bonchev–Trinajstić information content (AvgIpc) is 3.04. The van der Waals surface area contributed by atoms with E-state index in [9.17, 15) is 0 Å². The van der Waals surface area contributed by atoms with E-state index in [1.54, 1.807) is 0 Å². The zero-order chi connectivity index (χ0) is 12.2. The van der Waals surface area contributed by atoms with Gasteiger partial charge in [0.2, 0.25) is 0 Å². The Hall–Kier alpha value is -1.88. The molecule has 1 aromatic carbocycles. The highest BCUT2D eigenvalue weighted by atomic mass is 32.1. The van der Waals surface area contributed by atoms with Crippen LogP contribution in [0.25, 0.3) is 10.9 Å². The van der Waals surface area contributed by atoms with Gasteiger partial charge >= 0.3 is 0 Å². The topological polar surface area (TPSA) is 42.7 Å². The molecular weight excluding hydrogens is 244 g/mol. The van der Waals surface area contributed by atoms with Crippen LogP contribution in [0.2, 0.25) is 0 Å². The Bertz CT molecular complexity index is 615. The summed E-state index contributed by atoms with van der Waals surface area (Å²) in [5.74, 6) is 0. The number of hydrogen-bond donors (Lipinski definition) is 1. The molecule has 4 nitrogen and oxygen atoms in total. The maximum atomic E-state index is 4.41. The van der Waals surface area contributed by atoms with Gasteiger partial charge in [-0.25, -0.2) is 4.98 Å². The number of anilines is 1. The Kier molecular flexibility index (Phi) is 3.23. The van der Waals surface area contributed by atoms with Gasteiger partial charge in [-0.3, -0.25) is 0 Å². The van der Waals surface area contributed by atoms with Crippen molar-refractivity contribution in [1.82, 2.24) is 13.9 Å². The molecule has 0 unspecified atom stereocenters. The Morgan fingerprint density at radius 3 is 3.11 bits per heavy atom. The van der Waals surface area contributed by atoms with Crippen LogP contribution in [0.3, 0.4) is 0 Å². The normalized spacial score (nSPS) is 10.9. The van der Waals surface area contributed by atoms with Gasteiger partial charge in [0.05, 0.1) is 11.8 Å². The van der Waals surface area contributed by atoms with Crippen molar-refractivity contribution in [3.05, 3.63) is 43.0 Å². The van der Waals surface area contributed by atoms with Crippen molar-refractivity contribution in [3.63, 3.8) is 0 Å². The van der Waals surface area contributed by atoms with Gasteiger partial charge in [-0.1, -0.05) is 12.1 Å². The van der Waals surface area contributed by atoms with Crippen LogP contribution in [0.1, 0.15) is 6.42 Å². The highest BCUT2D eigenvalue weighted by Crippen LogP contribution is 2.26. The Balaban J connectivity index is 1.57. The lowest BCUT2D eigenvalue weighted by atomic mass is 10.2. The first-order valence-electron chi connectivity index (χ1n) is 5.97. The molecule has 0 aliphatic rings. The molecule has 18 heavy (non-hydrogen) atoms. The zero-order valence-electron chi connectivity index (χ0n) is 9.91. The van der Waals surface area contributed by atoms with Gasteiger partial charge in [0.1, 0.15) is 5.00 Å². The minimum Gasteiger partial charge on any atom is -0.375 e. The monoisotopic (exact) mass is 258 g/mol. The molecule has 0 bridgehead atoms. The van der Waals surface area contributed by atoms with Gasteiger partial charge in [-0.15, -0.1) is 0 Å². The largest absolute Gasteiger partial charge is 0.375 e. The highest BCUT2D eigenvalue weighted by Gasteiger charge is 2.03. The van der Waals surface area contributed by atoms with E-state index in [1.807, 2.05) is 36.9 Å². The maximum Gasteiger partial charge on any atom is 0.117 e. The number of imidazole rings is 1. The van der Waals surface area contributed by atoms with Crippen molar-refractivity contribution < 1.29 is 0 Å². The van der Waals surface area contributed by atoms with E-state index in [-0.39, 0.29) is 0 Å². The fourth-order valence-electron chi connectivity index (χ4n) is 1.90. The second kappa shape index (κ2) is 5.18. The van der Waals surface area contributed by atoms with E-state index < -0.39 is 0 Å². The Morgan fingerprint density at radius 1 is 1.28 bits per heavy atom. The Labute approximate surface area is 109 Å². The van der Waals surface area contributed by atoms with Crippen molar-refractivity contribution >= 4 is 27.4 Å². The fourth-order valence-corrected chi connectivity index (χ4v) is 2.69. The van der Waals surface area contributed by atoms with Gasteiger partial charge < -0.3 is 9.88 Å². The van der Waals surface area contributed by atoms with Gasteiger partial charge in [0.15, 0.2) is 0 Å². The molecule has 0 aliphatic heterocycles. The summed E-state index contributed by atoms with van der Waals surface area (Å²) in [4.78, 5) is 4.03. The van der Waals surface area contributed by atoms with E-state index >= 15 is 0 Å². The highest BCUT2D eigenvalue weighted by molar-refractivity contribution is 7.11. The first-order chi connectivity index (χ1) is 8.93. The molecule has 3 aromatic rings. The summed E-state index contributed by atoms with van der Waals surface area (Å²) in [7, 11) is 0. The molecule has 2 aromatic heterocycles. The number of fused-ring (bicyclic) bond motifs is 1. The molecule has 2 heterocycles. The second-order valence-electron chi connectivity index (χ2n) is 4.11. The van der Waals surface area contributed by atoms with Gasteiger partial charge in [0, 0.05) is 30.9 Å². The van der Waals surface area contributed by atoms with Crippen molar-refractivity contribution in [2.45, 2.75) is 13.0 Å². The summed E-state index contributed by atoms with van der Waals surface area (Å²) in [6, 6.07) is 8.22. The molecule has 0 fully saturated rings. The standard InChI is InChI=1S/C13H14N4S/c1-2-5-12-11(4-1)13(18-16-12)15-6-3-8-17-9-7-14-10-17/h1-2,4-5,7,9-10,15H,3,6,8H2. The lowest BCUT2D eigenvalue weighted by molar-refractivity contribution is 0.661. The third-order valence-corrected chi connectivity index (χ3v) is 3.66. The van der Waals surface area contributed by atoms with Crippen LogP contribution in [0.4, 0.5) is 5.00 Å². The molecule has 92 valence electrons. The number of benzene rings is 1. The van der Waals surface area contributed by atoms with Crippen LogP contribution in [-0.4, -0.2) is 20.5 Å². The molecule has 1 N–H and O–H groups in total. The average molecular weight is 258 g/mol. The molecule has 3 rings (SSSR count).